The van der Waals surface area contributed by atoms with Crippen LogP contribution in [0.15, 0.2) is 72.9 Å². The Hall–Kier alpha value is -4.20. The van der Waals surface area contributed by atoms with Gasteiger partial charge in [-0.05, 0) is 18.1 Å². The molecule has 0 radical (unpaired) electrons. The third kappa shape index (κ3) is 6.41. The molecule has 2 N–H and O–H groups in total. The van der Waals surface area contributed by atoms with Crippen LogP contribution in [0, 0.1) is 0 Å². The van der Waals surface area contributed by atoms with Gasteiger partial charge in [-0.25, -0.2) is 4.98 Å². The van der Waals surface area contributed by atoms with Gasteiger partial charge in [0.2, 0.25) is 0 Å². The molecule has 34 heavy (non-hydrogen) atoms. The molecule has 0 aliphatic carbocycles. The van der Waals surface area contributed by atoms with Crippen LogP contribution in [-0.4, -0.2) is 43.0 Å². The van der Waals surface area contributed by atoms with E-state index in [2.05, 4.69) is 15.6 Å². The van der Waals surface area contributed by atoms with Gasteiger partial charge < -0.3 is 20.1 Å². The lowest BCUT2D eigenvalue weighted by Gasteiger charge is -2.20. The first-order chi connectivity index (χ1) is 16.5. The number of hydrogen-bond acceptors (Lipinski definition) is 6. The molecular formula is C26H27N3O5. The van der Waals surface area contributed by atoms with Gasteiger partial charge in [0.05, 0.1) is 31.7 Å². The van der Waals surface area contributed by atoms with Gasteiger partial charge in [0.15, 0.2) is 0 Å². The minimum absolute atomic E-state index is 0.0531. The lowest BCUT2D eigenvalue weighted by molar-refractivity contribution is -0.142. The summed E-state index contributed by atoms with van der Waals surface area (Å²) in [6.45, 7) is 2.11. The van der Waals surface area contributed by atoms with Crippen LogP contribution in [0.4, 0.5) is 0 Å². The number of pyridine rings is 1. The minimum Gasteiger partial charge on any atom is -0.496 e. The number of nitrogens with zero attached hydrogens (tertiary/aromatic N) is 1. The van der Waals surface area contributed by atoms with E-state index in [4.69, 9.17) is 9.47 Å². The van der Waals surface area contributed by atoms with E-state index < -0.39 is 17.8 Å². The number of aromatic nitrogens is 1. The van der Waals surface area contributed by atoms with Crippen molar-refractivity contribution in [2.75, 3.05) is 20.3 Å². The normalized spacial score (nSPS) is 10.4. The summed E-state index contributed by atoms with van der Waals surface area (Å²) in [5.41, 5.74) is 2.11. The Morgan fingerprint density at radius 3 is 2.12 bits per heavy atom. The van der Waals surface area contributed by atoms with E-state index >= 15 is 0 Å². The van der Waals surface area contributed by atoms with Crippen LogP contribution in [0.25, 0.3) is 0 Å². The highest BCUT2D eigenvalue weighted by Gasteiger charge is 2.22. The first-order valence-corrected chi connectivity index (χ1v) is 10.9. The van der Waals surface area contributed by atoms with Crippen molar-refractivity contribution in [3.8, 4) is 5.75 Å². The molecule has 0 bridgehead atoms. The average Bonchev–Trinajstić information content (AvgIpc) is 2.87. The van der Waals surface area contributed by atoms with Gasteiger partial charge in [-0.15, -0.1) is 0 Å². The molecule has 176 valence electrons. The number of nitrogens with one attached hydrogen (secondary N) is 2. The maximum atomic E-state index is 13.2. The van der Waals surface area contributed by atoms with Crippen molar-refractivity contribution in [3.63, 3.8) is 0 Å². The Morgan fingerprint density at radius 1 is 0.941 bits per heavy atom. The predicted molar refractivity (Wildman–Crippen MR) is 127 cm³/mol. The monoisotopic (exact) mass is 461 g/mol. The summed E-state index contributed by atoms with van der Waals surface area (Å²) >= 11 is 0. The highest BCUT2D eigenvalue weighted by Crippen LogP contribution is 2.24. The summed E-state index contributed by atoms with van der Waals surface area (Å²) in [5, 5.41) is 5.64. The van der Waals surface area contributed by atoms with Crippen LogP contribution in [0.3, 0.4) is 0 Å². The smallest absolute Gasteiger partial charge is 0.307 e. The zero-order valence-corrected chi connectivity index (χ0v) is 19.1. The second kappa shape index (κ2) is 12.2. The highest BCUT2D eigenvalue weighted by atomic mass is 16.5. The van der Waals surface area contributed by atoms with Crippen LogP contribution in [-0.2, 0) is 9.53 Å². The SMILES string of the molecule is CCOC(=O)CCNC(=O)c1cc(OC)c(C(=O)NC(c2ccccc2)c2ccccc2)cn1. The molecule has 1 heterocycles. The Bertz CT molecular complexity index is 1080. The lowest BCUT2D eigenvalue weighted by atomic mass is 9.98. The molecular weight excluding hydrogens is 434 g/mol. The standard InChI is InChI=1S/C26H27N3O5/c1-3-34-23(30)14-15-27-26(32)21-16-22(33-2)20(17-28-21)25(31)29-24(18-10-6-4-7-11-18)19-12-8-5-9-13-19/h4-13,16-17,24H,3,14-15H2,1-2H3,(H,27,32)(H,29,31). The Labute approximate surface area is 198 Å². The van der Waals surface area contributed by atoms with Crippen LogP contribution in [0.2, 0.25) is 0 Å². The van der Waals surface area contributed by atoms with Crippen LogP contribution < -0.4 is 15.4 Å². The van der Waals surface area contributed by atoms with E-state index in [0.29, 0.717) is 0 Å². The summed E-state index contributed by atoms with van der Waals surface area (Å²) in [6.07, 6.45) is 1.36. The fourth-order valence-corrected chi connectivity index (χ4v) is 3.36. The van der Waals surface area contributed by atoms with Crippen molar-refractivity contribution in [1.82, 2.24) is 15.6 Å². The third-order valence-corrected chi connectivity index (χ3v) is 5.02. The number of hydrogen-bond donors (Lipinski definition) is 2. The van der Waals surface area contributed by atoms with Crippen molar-refractivity contribution in [3.05, 3.63) is 95.3 Å². The van der Waals surface area contributed by atoms with Crippen molar-refractivity contribution < 1.29 is 23.9 Å². The molecule has 0 atom stereocenters. The van der Waals surface area contributed by atoms with Gasteiger partial charge in [0, 0.05) is 18.8 Å². The van der Waals surface area contributed by atoms with Crippen molar-refractivity contribution >= 4 is 17.8 Å². The van der Waals surface area contributed by atoms with E-state index in [1.807, 2.05) is 60.7 Å². The first kappa shape index (κ1) is 24.4. The molecule has 2 amide bonds. The molecule has 0 saturated heterocycles. The molecule has 8 heteroatoms. The van der Waals surface area contributed by atoms with Crippen LogP contribution in [0.5, 0.6) is 5.75 Å². The highest BCUT2D eigenvalue weighted by molar-refractivity contribution is 5.99. The Balaban J connectivity index is 1.76. The van der Waals surface area contributed by atoms with Gasteiger partial charge in [0.25, 0.3) is 11.8 Å². The number of ether oxygens (including phenoxy) is 2. The maximum absolute atomic E-state index is 13.2. The molecule has 0 saturated carbocycles. The van der Waals surface area contributed by atoms with Gasteiger partial charge in [-0.1, -0.05) is 60.7 Å². The average molecular weight is 462 g/mol. The number of methoxy groups -OCH3 is 1. The van der Waals surface area contributed by atoms with Crippen molar-refractivity contribution in [1.29, 1.82) is 0 Å². The summed E-state index contributed by atoms with van der Waals surface area (Å²) in [6, 6.07) is 20.3. The molecule has 8 nitrogen and oxygen atoms in total. The second-order valence-electron chi connectivity index (χ2n) is 7.31. The predicted octanol–water partition coefficient (Wildman–Crippen LogP) is 3.29. The second-order valence-corrected chi connectivity index (χ2v) is 7.31. The summed E-state index contributed by atoms with van der Waals surface area (Å²) in [5.74, 6) is -1.06. The van der Waals surface area contributed by atoms with E-state index in [9.17, 15) is 14.4 Å². The topological polar surface area (TPSA) is 107 Å². The zero-order chi connectivity index (χ0) is 24.3. The quantitative estimate of drug-likeness (QED) is 0.449. The van der Waals surface area contributed by atoms with Gasteiger partial charge >= 0.3 is 5.97 Å². The van der Waals surface area contributed by atoms with E-state index in [1.54, 1.807) is 6.92 Å². The summed E-state index contributed by atoms with van der Waals surface area (Å²) in [7, 11) is 1.42. The lowest BCUT2D eigenvalue weighted by Crippen LogP contribution is -2.30. The summed E-state index contributed by atoms with van der Waals surface area (Å²) in [4.78, 5) is 41.1. The molecule has 0 unspecified atom stereocenters. The van der Waals surface area contributed by atoms with Gasteiger partial charge in [0.1, 0.15) is 11.4 Å². The van der Waals surface area contributed by atoms with Crippen LogP contribution >= 0.6 is 0 Å². The Kier molecular flexibility index (Phi) is 8.73. The van der Waals surface area contributed by atoms with E-state index in [1.165, 1.54) is 19.4 Å². The molecule has 1 aromatic heterocycles. The number of esters is 1. The summed E-state index contributed by atoms with van der Waals surface area (Å²) < 4.78 is 10.2. The molecule has 0 spiro atoms. The maximum Gasteiger partial charge on any atom is 0.307 e. The fraction of sp³-hybridized carbons (Fsp3) is 0.231. The molecule has 0 fully saturated rings. The number of amides is 2. The molecule has 0 aliphatic rings. The zero-order valence-electron chi connectivity index (χ0n) is 19.1. The minimum atomic E-state index is -0.485. The third-order valence-electron chi connectivity index (χ3n) is 5.02. The van der Waals surface area contributed by atoms with Crippen molar-refractivity contribution in [2.24, 2.45) is 0 Å². The van der Waals surface area contributed by atoms with Gasteiger partial charge in [-0.3, -0.25) is 14.4 Å². The number of carbonyl (C=O) groups excluding carboxylic acids is 3. The molecule has 3 aromatic rings. The molecule has 0 aliphatic heterocycles. The largest absolute Gasteiger partial charge is 0.496 e. The van der Waals surface area contributed by atoms with Gasteiger partial charge in [-0.2, -0.15) is 0 Å². The Morgan fingerprint density at radius 2 is 1.56 bits per heavy atom. The van der Waals surface area contributed by atoms with E-state index in [0.717, 1.165) is 11.1 Å². The van der Waals surface area contributed by atoms with E-state index in [-0.39, 0.29) is 42.6 Å². The number of rotatable bonds is 10. The van der Waals surface area contributed by atoms with Crippen molar-refractivity contribution in [2.45, 2.75) is 19.4 Å². The number of benzene rings is 2. The first-order valence-electron chi connectivity index (χ1n) is 10.9. The molecule has 2 aromatic carbocycles. The molecule has 3 rings (SSSR count). The fourth-order valence-electron chi connectivity index (χ4n) is 3.36. The number of carbonyl (C=O) groups is 3. The van der Waals surface area contributed by atoms with Crippen LogP contribution in [0.1, 0.15) is 51.4 Å².